The number of fused-ring (bicyclic) bond motifs is 2. The fourth-order valence-corrected chi connectivity index (χ4v) is 5.15. The first kappa shape index (κ1) is 23.4. The highest BCUT2D eigenvalue weighted by Gasteiger charge is 2.41. The first-order valence-electron chi connectivity index (χ1n) is 9.55. The molecule has 2 saturated heterocycles. The number of benzene rings is 1. The summed E-state index contributed by atoms with van der Waals surface area (Å²) in [5.74, 6) is 0.760. The van der Waals surface area contributed by atoms with Crippen molar-refractivity contribution in [2.75, 3.05) is 7.05 Å². The van der Waals surface area contributed by atoms with Crippen LogP contribution in [0.5, 0.6) is 0 Å². The van der Waals surface area contributed by atoms with Crippen LogP contribution in [0.25, 0.3) is 0 Å². The van der Waals surface area contributed by atoms with Crippen LogP contribution in [0.2, 0.25) is 0 Å². The zero-order valence-corrected chi connectivity index (χ0v) is 19.8. The van der Waals surface area contributed by atoms with E-state index in [9.17, 15) is 8.42 Å². The lowest BCUT2D eigenvalue weighted by Gasteiger charge is -2.22. The predicted octanol–water partition coefficient (Wildman–Crippen LogP) is 2.12. The zero-order valence-electron chi connectivity index (χ0n) is 16.6. The highest BCUT2D eigenvalue weighted by molar-refractivity contribution is 14.0. The Morgan fingerprint density at radius 3 is 2.43 bits per heavy atom. The average molecular weight is 522 g/mol. The summed E-state index contributed by atoms with van der Waals surface area (Å²) in [4.78, 5) is 4.30. The number of aliphatic imine (C=N–C) groups is 1. The Hall–Kier alpha value is -0.910. The van der Waals surface area contributed by atoms with E-state index in [2.05, 4.69) is 20.3 Å². The Labute approximate surface area is 185 Å². The van der Waals surface area contributed by atoms with E-state index >= 15 is 0 Å². The molecule has 0 aliphatic carbocycles. The van der Waals surface area contributed by atoms with E-state index < -0.39 is 10.0 Å². The standard InChI is InChI=1S/C19H30N4O3S.HI/c1-13(2)23-27(24,25)12-15-6-4-14(5-7-15)11-21-19(20-3)22-17-10-16-8-9-18(17)26-16;/h4-7,13,16-18,23H,8-12H2,1-3H3,(H2,20,21,22);1H. The first-order chi connectivity index (χ1) is 12.8. The molecule has 3 N–H and O–H groups in total. The van der Waals surface area contributed by atoms with Crippen LogP contribution in [0.15, 0.2) is 29.3 Å². The molecule has 0 amide bonds. The van der Waals surface area contributed by atoms with E-state index in [-0.39, 0.29) is 35.8 Å². The Kier molecular flexibility index (Phi) is 8.53. The van der Waals surface area contributed by atoms with Crippen molar-refractivity contribution in [3.8, 4) is 0 Å². The summed E-state index contributed by atoms with van der Waals surface area (Å²) in [7, 11) is -1.54. The smallest absolute Gasteiger partial charge is 0.216 e. The average Bonchev–Trinajstić information content (AvgIpc) is 3.21. The molecule has 0 spiro atoms. The van der Waals surface area contributed by atoms with Crippen LogP contribution < -0.4 is 15.4 Å². The van der Waals surface area contributed by atoms with Crippen LogP contribution in [0.4, 0.5) is 0 Å². The van der Waals surface area contributed by atoms with Gasteiger partial charge in [0.15, 0.2) is 5.96 Å². The molecule has 2 heterocycles. The summed E-state index contributed by atoms with van der Waals surface area (Å²) in [5, 5.41) is 6.77. The van der Waals surface area contributed by atoms with Gasteiger partial charge in [0.05, 0.1) is 24.0 Å². The third kappa shape index (κ3) is 6.57. The van der Waals surface area contributed by atoms with Gasteiger partial charge < -0.3 is 15.4 Å². The molecule has 3 atom stereocenters. The number of ether oxygens (including phenoxy) is 1. The molecule has 1 aromatic rings. The number of guanidine groups is 1. The summed E-state index contributed by atoms with van der Waals surface area (Å²) in [6.07, 6.45) is 4.03. The third-order valence-electron chi connectivity index (χ3n) is 4.91. The minimum absolute atomic E-state index is 0. The van der Waals surface area contributed by atoms with Crippen LogP contribution in [0.1, 0.15) is 44.2 Å². The molecule has 9 heteroatoms. The topological polar surface area (TPSA) is 91.8 Å². The monoisotopic (exact) mass is 522 g/mol. The molecule has 0 saturated carbocycles. The van der Waals surface area contributed by atoms with E-state index in [4.69, 9.17) is 4.74 Å². The number of nitrogens with zero attached hydrogens (tertiary/aromatic N) is 1. The third-order valence-corrected chi connectivity index (χ3v) is 6.45. The summed E-state index contributed by atoms with van der Waals surface area (Å²) < 4.78 is 32.5. The van der Waals surface area contributed by atoms with Crippen LogP contribution >= 0.6 is 24.0 Å². The Balaban J connectivity index is 0.00000280. The van der Waals surface area contributed by atoms with Gasteiger partial charge in [0, 0.05) is 19.6 Å². The molecule has 7 nitrogen and oxygen atoms in total. The largest absolute Gasteiger partial charge is 0.373 e. The van der Waals surface area contributed by atoms with Gasteiger partial charge in [-0.25, -0.2) is 13.1 Å². The maximum absolute atomic E-state index is 12.0. The van der Waals surface area contributed by atoms with Crippen molar-refractivity contribution < 1.29 is 13.2 Å². The minimum atomic E-state index is -3.30. The quantitative estimate of drug-likeness (QED) is 0.290. The second kappa shape index (κ2) is 10.2. The van der Waals surface area contributed by atoms with E-state index in [1.807, 2.05) is 38.1 Å². The van der Waals surface area contributed by atoms with Crippen molar-refractivity contribution in [3.63, 3.8) is 0 Å². The Bertz CT molecular complexity index is 768. The number of sulfonamides is 1. The number of halogens is 1. The molecule has 158 valence electrons. The molecular formula is C19H31IN4O3S. The second-order valence-corrected chi connectivity index (χ2v) is 9.39. The lowest BCUT2D eigenvalue weighted by atomic mass is 9.96. The second-order valence-electron chi connectivity index (χ2n) is 7.63. The summed E-state index contributed by atoms with van der Waals surface area (Å²) >= 11 is 0. The number of hydrogen-bond acceptors (Lipinski definition) is 4. The normalized spacial score (nSPS) is 24.3. The van der Waals surface area contributed by atoms with Gasteiger partial charge >= 0.3 is 0 Å². The van der Waals surface area contributed by atoms with Gasteiger partial charge in [0.2, 0.25) is 10.0 Å². The maximum atomic E-state index is 12.0. The van der Waals surface area contributed by atoms with Gasteiger partial charge in [-0.15, -0.1) is 24.0 Å². The minimum Gasteiger partial charge on any atom is -0.373 e. The molecule has 0 aromatic heterocycles. The van der Waals surface area contributed by atoms with Crippen LogP contribution in [-0.4, -0.2) is 45.7 Å². The Morgan fingerprint density at radius 1 is 1.21 bits per heavy atom. The van der Waals surface area contributed by atoms with Gasteiger partial charge in [-0.3, -0.25) is 4.99 Å². The van der Waals surface area contributed by atoms with Crippen LogP contribution in [0.3, 0.4) is 0 Å². The van der Waals surface area contributed by atoms with Gasteiger partial charge in [-0.1, -0.05) is 24.3 Å². The molecule has 2 aliphatic rings. The van der Waals surface area contributed by atoms with Gasteiger partial charge in [0.1, 0.15) is 0 Å². The fraction of sp³-hybridized carbons (Fsp3) is 0.632. The number of rotatable bonds is 7. The molecule has 1 aromatic carbocycles. The fourth-order valence-electron chi connectivity index (χ4n) is 3.72. The molecule has 3 unspecified atom stereocenters. The molecule has 0 radical (unpaired) electrons. The summed E-state index contributed by atoms with van der Waals surface area (Å²) in [5.41, 5.74) is 1.84. The van der Waals surface area contributed by atoms with E-state index in [1.165, 1.54) is 6.42 Å². The Morgan fingerprint density at radius 2 is 1.89 bits per heavy atom. The highest BCUT2D eigenvalue weighted by atomic mass is 127. The molecular weight excluding hydrogens is 491 g/mol. The van der Waals surface area contributed by atoms with E-state index in [0.29, 0.717) is 24.8 Å². The van der Waals surface area contributed by atoms with E-state index in [1.54, 1.807) is 7.05 Å². The van der Waals surface area contributed by atoms with Crippen LogP contribution in [0, 0.1) is 0 Å². The summed E-state index contributed by atoms with van der Waals surface area (Å²) in [6.45, 7) is 4.25. The SMILES string of the molecule is CN=C(NCc1ccc(CS(=O)(=O)NC(C)C)cc1)NC1CC2CCC1O2.I. The molecule has 28 heavy (non-hydrogen) atoms. The van der Waals surface area contributed by atoms with Crippen molar-refractivity contribution in [2.45, 2.75) is 69.7 Å². The molecule has 3 rings (SSSR count). The van der Waals surface area contributed by atoms with Crippen molar-refractivity contribution in [1.29, 1.82) is 0 Å². The highest BCUT2D eigenvalue weighted by Crippen LogP contribution is 2.34. The first-order valence-corrected chi connectivity index (χ1v) is 11.2. The number of hydrogen-bond donors (Lipinski definition) is 3. The van der Waals surface area contributed by atoms with Crippen molar-refractivity contribution >= 4 is 40.0 Å². The lowest BCUT2D eigenvalue weighted by molar-refractivity contribution is 0.0992. The van der Waals surface area contributed by atoms with Crippen molar-refractivity contribution in [1.82, 2.24) is 15.4 Å². The number of nitrogens with one attached hydrogen (secondary N) is 3. The molecule has 2 bridgehead atoms. The van der Waals surface area contributed by atoms with Gasteiger partial charge in [-0.05, 0) is 44.2 Å². The van der Waals surface area contributed by atoms with Gasteiger partial charge in [-0.2, -0.15) is 0 Å². The van der Waals surface area contributed by atoms with Gasteiger partial charge in [0.25, 0.3) is 0 Å². The predicted molar refractivity (Wildman–Crippen MR) is 122 cm³/mol. The molecule has 2 aliphatic heterocycles. The zero-order chi connectivity index (χ0) is 19.4. The lowest BCUT2D eigenvalue weighted by Crippen LogP contribution is -2.47. The summed E-state index contributed by atoms with van der Waals surface area (Å²) in [6, 6.07) is 7.84. The van der Waals surface area contributed by atoms with Crippen molar-refractivity contribution in [3.05, 3.63) is 35.4 Å². The van der Waals surface area contributed by atoms with Crippen molar-refractivity contribution in [2.24, 2.45) is 4.99 Å². The molecule has 2 fully saturated rings. The van der Waals surface area contributed by atoms with Crippen LogP contribution in [-0.2, 0) is 27.1 Å². The maximum Gasteiger partial charge on any atom is 0.216 e. The van der Waals surface area contributed by atoms with E-state index in [0.717, 1.165) is 29.9 Å².